The zero-order valence-electron chi connectivity index (χ0n) is 11.4. The van der Waals surface area contributed by atoms with Gasteiger partial charge in [-0.15, -0.1) is 0 Å². The van der Waals surface area contributed by atoms with Gasteiger partial charge in [-0.2, -0.15) is 0 Å². The molecule has 1 aliphatic carbocycles. The summed E-state index contributed by atoms with van der Waals surface area (Å²) in [4.78, 5) is 24.6. The van der Waals surface area contributed by atoms with Crippen molar-refractivity contribution in [2.75, 3.05) is 13.1 Å². The zero-order chi connectivity index (χ0) is 13.4. The van der Waals surface area contributed by atoms with Gasteiger partial charge in [-0.25, -0.2) is 0 Å². The number of nitrogens with zero attached hydrogens (tertiary/aromatic N) is 1. The van der Waals surface area contributed by atoms with E-state index in [2.05, 4.69) is 0 Å². The summed E-state index contributed by atoms with van der Waals surface area (Å²) >= 11 is 0. The molecule has 0 saturated heterocycles. The van der Waals surface area contributed by atoms with Crippen molar-refractivity contribution in [1.29, 1.82) is 0 Å². The lowest BCUT2D eigenvalue weighted by atomic mass is 9.90. The molecule has 1 N–H and O–H groups in total. The minimum Gasteiger partial charge on any atom is -0.481 e. The molecule has 0 atom stereocenters. The molecule has 0 radical (unpaired) electrons. The minimum absolute atomic E-state index is 0.0479. The first-order valence-electron chi connectivity index (χ1n) is 7.15. The highest BCUT2D eigenvalue weighted by molar-refractivity contribution is 5.79. The van der Waals surface area contributed by atoms with Gasteiger partial charge in [0.2, 0.25) is 5.91 Å². The Morgan fingerprint density at radius 2 is 1.67 bits per heavy atom. The Hall–Kier alpha value is -1.06. The van der Waals surface area contributed by atoms with Crippen LogP contribution in [0.3, 0.4) is 0 Å². The number of carboxylic acids is 1. The van der Waals surface area contributed by atoms with Crippen LogP contribution in [0.4, 0.5) is 0 Å². The van der Waals surface area contributed by atoms with Crippen LogP contribution in [0.2, 0.25) is 0 Å². The first-order valence-corrected chi connectivity index (χ1v) is 7.15. The average Bonchev–Trinajstić information content (AvgIpc) is 2.28. The van der Waals surface area contributed by atoms with Crippen LogP contribution in [0.15, 0.2) is 0 Å². The zero-order valence-corrected chi connectivity index (χ0v) is 11.4. The molecule has 0 unspecified atom stereocenters. The number of hydrogen-bond acceptors (Lipinski definition) is 2. The van der Waals surface area contributed by atoms with Crippen LogP contribution in [0.5, 0.6) is 0 Å². The van der Waals surface area contributed by atoms with Crippen LogP contribution in [-0.4, -0.2) is 35.0 Å². The van der Waals surface area contributed by atoms with E-state index in [1.54, 1.807) is 4.90 Å². The Balaban J connectivity index is 2.49. The molecule has 104 valence electrons. The standard InChI is InChI=1S/C14H25NO3/c1-2-15(11-10-13(16)17)14(18)12-8-6-4-3-5-7-9-12/h12H,2-11H2,1H3,(H,16,17). The first kappa shape index (κ1) is 15.0. The van der Waals surface area contributed by atoms with Crippen molar-refractivity contribution in [3.05, 3.63) is 0 Å². The number of carbonyl (C=O) groups is 2. The second kappa shape index (κ2) is 8.11. The molecular weight excluding hydrogens is 230 g/mol. The van der Waals surface area contributed by atoms with E-state index in [-0.39, 0.29) is 18.2 Å². The topological polar surface area (TPSA) is 57.6 Å². The third kappa shape index (κ3) is 5.07. The minimum atomic E-state index is -0.834. The smallest absolute Gasteiger partial charge is 0.305 e. The number of carboxylic acid groups (broad SMARTS) is 1. The first-order chi connectivity index (χ1) is 8.65. The lowest BCUT2D eigenvalue weighted by Gasteiger charge is -2.27. The van der Waals surface area contributed by atoms with Crippen LogP contribution >= 0.6 is 0 Å². The van der Waals surface area contributed by atoms with E-state index in [4.69, 9.17) is 5.11 Å². The third-order valence-corrected chi connectivity index (χ3v) is 3.74. The highest BCUT2D eigenvalue weighted by Crippen LogP contribution is 2.24. The van der Waals surface area contributed by atoms with Gasteiger partial charge >= 0.3 is 5.97 Å². The number of amides is 1. The molecule has 0 spiro atoms. The van der Waals surface area contributed by atoms with Gasteiger partial charge in [0, 0.05) is 19.0 Å². The Morgan fingerprint density at radius 3 is 2.17 bits per heavy atom. The summed E-state index contributed by atoms with van der Waals surface area (Å²) in [6.07, 6.45) is 8.00. The van der Waals surface area contributed by atoms with E-state index in [1.165, 1.54) is 19.3 Å². The second-order valence-corrected chi connectivity index (χ2v) is 5.10. The van der Waals surface area contributed by atoms with E-state index < -0.39 is 5.97 Å². The van der Waals surface area contributed by atoms with E-state index in [0.717, 1.165) is 25.7 Å². The third-order valence-electron chi connectivity index (χ3n) is 3.74. The van der Waals surface area contributed by atoms with Crippen LogP contribution in [-0.2, 0) is 9.59 Å². The summed E-state index contributed by atoms with van der Waals surface area (Å²) in [7, 11) is 0. The Morgan fingerprint density at radius 1 is 1.11 bits per heavy atom. The molecule has 4 nitrogen and oxygen atoms in total. The van der Waals surface area contributed by atoms with E-state index in [0.29, 0.717) is 13.1 Å². The predicted molar refractivity (Wildman–Crippen MR) is 70.3 cm³/mol. The van der Waals surface area contributed by atoms with Gasteiger partial charge in [-0.05, 0) is 19.8 Å². The van der Waals surface area contributed by atoms with Gasteiger partial charge in [0.25, 0.3) is 0 Å². The van der Waals surface area contributed by atoms with Crippen molar-refractivity contribution in [2.24, 2.45) is 5.92 Å². The lowest BCUT2D eigenvalue weighted by Crippen LogP contribution is -2.37. The van der Waals surface area contributed by atoms with Crippen molar-refractivity contribution in [1.82, 2.24) is 4.90 Å². The summed E-state index contributed by atoms with van der Waals surface area (Å²) < 4.78 is 0. The van der Waals surface area contributed by atoms with Crippen molar-refractivity contribution in [3.63, 3.8) is 0 Å². The quantitative estimate of drug-likeness (QED) is 0.821. The summed E-state index contributed by atoms with van der Waals surface area (Å²) in [5.41, 5.74) is 0. The molecule has 0 aromatic rings. The Labute approximate surface area is 109 Å². The summed E-state index contributed by atoms with van der Waals surface area (Å²) in [5.74, 6) is -0.543. The lowest BCUT2D eigenvalue weighted by molar-refractivity contribution is -0.140. The van der Waals surface area contributed by atoms with E-state index in [1.807, 2.05) is 6.92 Å². The fourth-order valence-electron chi connectivity index (χ4n) is 2.62. The number of carbonyl (C=O) groups excluding carboxylic acids is 1. The van der Waals surface area contributed by atoms with Gasteiger partial charge in [0.1, 0.15) is 0 Å². The van der Waals surface area contributed by atoms with Gasteiger partial charge < -0.3 is 10.0 Å². The molecular formula is C14H25NO3. The average molecular weight is 255 g/mol. The summed E-state index contributed by atoms with van der Waals surface area (Å²) in [6, 6.07) is 0. The van der Waals surface area contributed by atoms with Crippen LogP contribution in [0.25, 0.3) is 0 Å². The molecule has 1 aliphatic rings. The molecule has 0 aromatic carbocycles. The molecule has 0 bridgehead atoms. The fourth-order valence-corrected chi connectivity index (χ4v) is 2.62. The molecule has 0 heterocycles. The highest BCUT2D eigenvalue weighted by atomic mass is 16.4. The van der Waals surface area contributed by atoms with Crippen LogP contribution in [0.1, 0.15) is 58.3 Å². The van der Waals surface area contributed by atoms with Crippen molar-refractivity contribution < 1.29 is 14.7 Å². The number of aliphatic carboxylic acids is 1. The fraction of sp³-hybridized carbons (Fsp3) is 0.857. The van der Waals surface area contributed by atoms with Gasteiger partial charge in [-0.1, -0.05) is 32.1 Å². The molecule has 0 aliphatic heterocycles. The highest BCUT2D eigenvalue weighted by Gasteiger charge is 2.23. The monoisotopic (exact) mass is 255 g/mol. The normalized spacial score (nSPS) is 17.8. The number of rotatable bonds is 5. The van der Waals surface area contributed by atoms with Gasteiger partial charge in [0.15, 0.2) is 0 Å². The largest absolute Gasteiger partial charge is 0.481 e. The number of hydrogen-bond donors (Lipinski definition) is 1. The Bertz CT molecular complexity index is 270. The molecule has 1 amide bonds. The van der Waals surface area contributed by atoms with Crippen molar-refractivity contribution in [2.45, 2.75) is 58.3 Å². The van der Waals surface area contributed by atoms with Crippen molar-refractivity contribution in [3.8, 4) is 0 Å². The van der Waals surface area contributed by atoms with Gasteiger partial charge in [0.05, 0.1) is 6.42 Å². The molecule has 18 heavy (non-hydrogen) atoms. The SMILES string of the molecule is CCN(CCC(=O)O)C(=O)C1CCCCCCC1. The molecule has 4 heteroatoms. The predicted octanol–water partition coefficient (Wildman–Crippen LogP) is 2.67. The van der Waals surface area contributed by atoms with Gasteiger partial charge in [-0.3, -0.25) is 9.59 Å². The maximum Gasteiger partial charge on any atom is 0.305 e. The summed E-state index contributed by atoms with van der Waals surface area (Å²) in [6.45, 7) is 2.88. The van der Waals surface area contributed by atoms with Crippen LogP contribution < -0.4 is 0 Å². The molecule has 1 rings (SSSR count). The molecule has 1 fully saturated rings. The molecule has 1 saturated carbocycles. The Kier molecular flexibility index (Phi) is 6.76. The second-order valence-electron chi connectivity index (χ2n) is 5.10. The van der Waals surface area contributed by atoms with E-state index >= 15 is 0 Å². The summed E-state index contributed by atoms with van der Waals surface area (Å²) in [5, 5.41) is 8.69. The maximum absolute atomic E-state index is 12.3. The van der Waals surface area contributed by atoms with Crippen molar-refractivity contribution >= 4 is 11.9 Å². The molecule has 0 aromatic heterocycles. The maximum atomic E-state index is 12.3. The van der Waals surface area contributed by atoms with Crippen LogP contribution in [0, 0.1) is 5.92 Å². The van der Waals surface area contributed by atoms with E-state index in [9.17, 15) is 9.59 Å².